The molecule has 128 valence electrons. The molecule has 3 atom stereocenters. The van der Waals surface area contributed by atoms with Crippen molar-refractivity contribution in [3.63, 3.8) is 0 Å². The number of ether oxygens (including phenoxy) is 1. The van der Waals surface area contributed by atoms with Crippen LogP contribution in [0.4, 0.5) is 0 Å². The molecule has 2 aliphatic carbocycles. The Bertz CT molecular complexity index is 674. The molecule has 0 unspecified atom stereocenters. The smallest absolute Gasteiger partial charge is 0.0959 e. The third-order valence-corrected chi connectivity index (χ3v) is 6.96. The molecule has 1 heterocycles. The average molecular weight is 323 g/mol. The summed E-state index contributed by atoms with van der Waals surface area (Å²) in [5, 5.41) is 0. The summed E-state index contributed by atoms with van der Waals surface area (Å²) in [4.78, 5) is 2.74. The van der Waals surface area contributed by atoms with Gasteiger partial charge in [-0.15, -0.1) is 0 Å². The lowest BCUT2D eigenvalue weighted by Crippen LogP contribution is -2.55. The molecule has 2 bridgehead atoms. The number of allylic oxidation sites excluding steroid dienone is 2. The van der Waals surface area contributed by atoms with Crippen LogP contribution in [0.2, 0.25) is 0 Å². The maximum Gasteiger partial charge on any atom is 0.0959 e. The normalized spacial score (nSPS) is 33.0. The van der Waals surface area contributed by atoms with Crippen molar-refractivity contribution >= 4 is 0 Å². The Labute approximate surface area is 146 Å². The standard InChI is InChI=1S/C22H29NO/c1-16-21-13-18-9-10-19(24-3)14-20(18)22(16,2)11-12-23(21)15-17-7-5-4-6-8-17/h4-8,10,16,21H,9,11-15H2,1-3H3/t16-,21+,22+/m0/s1. The molecule has 4 rings (SSSR count). The van der Waals surface area contributed by atoms with Crippen LogP contribution in [0.3, 0.4) is 0 Å². The molecule has 1 saturated heterocycles. The van der Waals surface area contributed by atoms with Crippen molar-refractivity contribution in [3.05, 3.63) is 58.9 Å². The van der Waals surface area contributed by atoms with Gasteiger partial charge in [-0.3, -0.25) is 4.90 Å². The van der Waals surface area contributed by atoms with Crippen LogP contribution in [0.1, 0.15) is 45.1 Å². The van der Waals surface area contributed by atoms with Gasteiger partial charge in [0.1, 0.15) is 0 Å². The molecule has 1 aromatic rings. The first kappa shape index (κ1) is 16.0. The summed E-state index contributed by atoms with van der Waals surface area (Å²) in [5.74, 6) is 1.89. The molecular formula is C22H29NO. The molecule has 0 aromatic heterocycles. The SMILES string of the molecule is COC1=CCC2=C(C1)[C@]1(C)CCN(Cc3ccccc3)[C@H](C2)[C@@H]1C. The molecule has 24 heavy (non-hydrogen) atoms. The van der Waals surface area contributed by atoms with E-state index >= 15 is 0 Å². The van der Waals surface area contributed by atoms with E-state index in [1.54, 1.807) is 11.1 Å². The molecule has 1 aromatic carbocycles. The van der Waals surface area contributed by atoms with E-state index in [1.807, 2.05) is 7.11 Å². The predicted molar refractivity (Wildman–Crippen MR) is 98.5 cm³/mol. The van der Waals surface area contributed by atoms with Gasteiger partial charge in [0.05, 0.1) is 12.9 Å². The minimum atomic E-state index is 0.351. The molecule has 2 heteroatoms. The van der Waals surface area contributed by atoms with E-state index in [-0.39, 0.29) is 0 Å². The van der Waals surface area contributed by atoms with Crippen LogP contribution in [0, 0.1) is 11.3 Å². The van der Waals surface area contributed by atoms with Crippen LogP contribution < -0.4 is 0 Å². The topological polar surface area (TPSA) is 12.5 Å². The summed E-state index contributed by atoms with van der Waals surface area (Å²) in [6.07, 6.45) is 6.95. The minimum Gasteiger partial charge on any atom is -0.501 e. The summed E-state index contributed by atoms with van der Waals surface area (Å²) in [6, 6.07) is 11.6. The van der Waals surface area contributed by atoms with Crippen molar-refractivity contribution in [2.24, 2.45) is 11.3 Å². The average Bonchev–Trinajstić information content (AvgIpc) is 2.61. The van der Waals surface area contributed by atoms with E-state index in [0.717, 1.165) is 19.4 Å². The number of hydrogen-bond donors (Lipinski definition) is 0. The van der Waals surface area contributed by atoms with E-state index in [0.29, 0.717) is 17.4 Å². The monoisotopic (exact) mass is 323 g/mol. The lowest BCUT2D eigenvalue weighted by atomic mass is 9.57. The van der Waals surface area contributed by atoms with E-state index in [9.17, 15) is 0 Å². The first-order valence-electron chi connectivity index (χ1n) is 9.34. The second-order valence-electron chi connectivity index (χ2n) is 8.02. The molecular weight excluding hydrogens is 294 g/mol. The van der Waals surface area contributed by atoms with Gasteiger partial charge < -0.3 is 4.74 Å². The van der Waals surface area contributed by atoms with Gasteiger partial charge >= 0.3 is 0 Å². The lowest BCUT2D eigenvalue weighted by Gasteiger charge is -2.56. The molecule has 0 amide bonds. The summed E-state index contributed by atoms with van der Waals surface area (Å²) in [6.45, 7) is 7.30. The van der Waals surface area contributed by atoms with Crippen LogP contribution in [-0.4, -0.2) is 24.6 Å². The van der Waals surface area contributed by atoms with Gasteiger partial charge in [0.2, 0.25) is 0 Å². The van der Waals surface area contributed by atoms with Crippen molar-refractivity contribution in [1.29, 1.82) is 0 Å². The molecule has 1 aliphatic heterocycles. The fourth-order valence-corrected chi connectivity index (χ4v) is 5.21. The fourth-order valence-electron chi connectivity index (χ4n) is 5.21. The lowest BCUT2D eigenvalue weighted by molar-refractivity contribution is 0.000597. The number of hydrogen-bond acceptors (Lipinski definition) is 2. The van der Waals surface area contributed by atoms with Crippen molar-refractivity contribution < 1.29 is 4.74 Å². The van der Waals surface area contributed by atoms with Gasteiger partial charge in [0.15, 0.2) is 0 Å². The Morgan fingerprint density at radius 2 is 2.04 bits per heavy atom. The molecule has 0 spiro atoms. The summed E-state index contributed by atoms with van der Waals surface area (Å²) in [7, 11) is 1.82. The summed E-state index contributed by atoms with van der Waals surface area (Å²) in [5.41, 5.74) is 5.19. The maximum atomic E-state index is 5.57. The van der Waals surface area contributed by atoms with Crippen molar-refractivity contribution in [3.8, 4) is 0 Å². The van der Waals surface area contributed by atoms with Crippen LogP contribution >= 0.6 is 0 Å². The summed E-state index contributed by atoms with van der Waals surface area (Å²) < 4.78 is 5.57. The Hall–Kier alpha value is -1.54. The van der Waals surface area contributed by atoms with Crippen molar-refractivity contribution in [2.45, 2.75) is 52.1 Å². The van der Waals surface area contributed by atoms with E-state index in [2.05, 4.69) is 55.2 Å². The third-order valence-electron chi connectivity index (χ3n) is 6.96. The molecule has 0 radical (unpaired) electrons. The third kappa shape index (κ3) is 2.52. The fraction of sp³-hybridized carbons (Fsp3) is 0.545. The molecule has 2 nitrogen and oxygen atoms in total. The number of rotatable bonds is 3. The van der Waals surface area contributed by atoms with Gasteiger partial charge in [0, 0.05) is 19.0 Å². The molecule has 1 fully saturated rings. The van der Waals surface area contributed by atoms with Crippen LogP contribution in [0.5, 0.6) is 0 Å². The van der Waals surface area contributed by atoms with Crippen molar-refractivity contribution in [1.82, 2.24) is 4.90 Å². The van der Waals surface area contributed by atoms with Crippen LogP contribution in [0.15, 0.2) is 53.3 Å². The van der Waals surface area contributed by atoms with Gasteiger partial charge in [-0.1, -0.05) is 55.3 Å². The number of piperidine rings is 1. The highest BCUT2D eigenvalue weighted by Crippen LogP contribution is 2.55. The van der Waals surface area contributed by atoms with Gasteiger partial charge in [-0.25, -0.2) is 0 Å². The second-order valence-corrected chi connectivity index (χ2v) is 8.02. The number of nitrogens with zero attached hydrogens (tertiary/aromatic N) is 1. The number of likely N-dealkylation sites (tertiary alicyclic amines) is 1. The Morgan fingerprint density at radius 3 is 2.79 bits per heavy atom. The van der Waals surface area contributed by atoms with Gasteiger partial charge in [0.25, 0.3) is 0 Å². The highest BCUT2D eigenvalue weighted by Gasteiger charge is 2.49. The van der Waals surface area contributed by atoms with E-state index in [4.69, 9.17) is 4.74 Å². The predicted octanol–water partition coefficient (Wildman–Crippen LogP) is 4.93. The molecule has 0 N–H and O–H groups in total. The zero-order valence-corrected chi connectivity index (χ0v) is 15.2. The zero-order valence-electron chi connectivity index (χ0n) is 15.2. The maximum absolute atomic E-state index is 5.57. The van der Waals surface area contributed by atoms with Gasteiger partial charge in [-0.05, 0) is 48.8 Å². The first-order chi connectivity index (χ1) is 11.6. The summed E-state index contributed by atoms with van der Waals surface area (Å²) >= 11 is 0. The first-order valence-corrected chi connectivity index (χ1v) is 9.34. The number of fused-ring (bicyclic) bond motifs is 3. The highest BCUT2D eigenvalue weighted by molar-refractivity contribution is 5.37. The largest absolute Gasteiger partial charge is 0.501 e. The highest BCUT2D eigenvalue weighted by atomic mass is 16.5. The van der Waals surface area contributed by atoms with Crippen molar-refractivity contribution in [2.75, 3.05) is 13.7 Å². The van der Waals surface area contributed by atoms with Crippen LogP contribution in [-0.2, 0) is 11.3 Å². The minimum absolute atomic E-state index is 0.351. The number of benzene rings is 1. The zero-order chi connectivity index (χ0) is 16.7. The molecule has 0 saturated carbocycles. The Morgan fingerprint density at radius 1 is 1.25 bits per heavy atom. The van der Waals surface area contributed by atoms with E-state index in [1.165, 1.54) is 30.7 Å². The Balaban J connectivity index is 1.60. The molecule has 3 aliphatic rings. The van der Waals surface area contributed by atoms with Gasteiger partial charge in [-0.2, -0.15) is 0 Å². The number of methoxy groups -OCH3 is 1. The Kier molecular flexibility index (Phi) is 4.04. The van der Waals surface area contributed by atoms with E-state index < -0.39 is 0 Å². The quantitative estimate of drug-likeness (QED) is 0.732. The second kappa shape index (κ2) is 6.07. The van der Waals surface area contributed by atoms with Crippen LogP contribution in [0.25, 0.3) is 0 Å².